The minimum atomic E-state index is -0.113. The topological polar surface area (TPSA) is 54.9 Å². The van der Waals surface area contributed by atoms with Crippen LogP contribution in [0.3, 0.4) is 0 Å². The molecule has 0 bridgehead atoms. The van der Waals surface area contributed by atoms with Crippen molar-refractivity contribution in [1.29, 1.82) is 0 Å². The summed E-state index contributed by atoms with van der Waals surface area (Å²) in [6.45, 7) is 1.97. The van der Waals surface area contributed by atoms with Gasteiger partial charge in [0, 0.05) is 16.3 Å². The zero-order valence-corrected chi connectivity index (χ0v) is 14.2. The Bertz CT molecular complexity index is 723. The van der Waals surface area contributed by atoms with E-state index in [0.717, 1.165) is 35.5 Å². The maximum atomic E-state index is 12.2. The van der Waals surface area contributed by atoms with Crippen LogP contribution in [0.25, 0.3) is 10.2 Å². The van der Waals surface area contributed by atoms with E-state index in [0.29, 0.717) is 6.04 Å². The molecule has 2 aliphatic rings. The van der Waals surface area contributed by atoms with Gasteiger partial charge in [0.25, 0.3) is 0 Å². The van der Waals surface area contributed by atoms with Gasteiger partial charge in [-0.05, 0) is 51.0 Å². The molecule has 2 aromatic rings. The average Bonchev–Trinajstić information content (AvgIpc) is 3.25. The first-order valence-electron chi connectivity index (χ1n) is 7.94. The molecule has 0 aromatic carbocycles. The number of hydrogen-bond acceptors (Lipinski definition) is 5. The Morgan fingerprint density at radius 3 is 3.00 bits per heavy atom. The van der Waals surface area contributed by atoms with E-state index in [2.05, 4.69) is 15.3 Å². The van der Waals surface area contributed by atoms with Gasteiger partial charge in [0.15, 0.2) is 0 Å². The van der Waals surface area contributed by atoms with E-state index < -0.39 is 0 Å². The highest BCUT2D eigenvalue weighted by atomic mass is 32.2. The van der Waals surface area contributed by atoms with E-state index >= 15 is 0 Å². The van der Waals surface area contributed by atoms with Crippen LogP contribution in [0.5, 0.6) is 0 Å². The molecular weight excluding hydrogens is 314 g/mol. The lowest BCUT2D eigenvalue weighted by Crippen LogP contribution is -2.32. The number of rotatable bonds is 4. The van der Waals surface area contributed by atoms with Crippen LogP contribution in [0.2, 0.25) is 0 Å². The SMILES string of the molecule is C[C@@H](Sc1ncnc2sc3c(c12)CCCC3)C(=O)NC1CC1. The number of carbonyl (C=O) groups is 1. The van der Waals surface area contributed by atoms with E-state index in [1.54, 1.807) is 29.4 Å². The Balaban J connectivity index is 1.63. The molecule has 2 aromatic heterocycles. The van der Waals surface area contributed by atoms with Gasteiger partial charge in [-0.1, -0.05) is 11.8 Å². The van der Waals surface area contributed by atoms with Crippen LogP contribution in [0.15, 0.2) is 11.4 Å². The van der Waals surface area contributed by atoms with Crippen molar-refractivity contribution in [3.63, 3.8) is 0 Å². The van der Waals surface area contributed by atoms with Gasteiger partial charge in [-0.25, -0.2) is 9.97 Å². The quantitative estimate of drug-likeness (QED) is 0.689. The van der Waals surface area contributed by atoms with Crippen LogP contribution in [0.4, 0.5) is 0 Å². The number of nitrogens with one attached hydrogen (secondary N) is 1. The van der Waals surface area contributed by atoms with Crippen molar-refractivity contribution in [3.05, 3.63) is 16.8 Å². The second-order valence-corrected chi connectivity index (χ2v) is 8.53. The summed E-state index contributed by atoms with van der Waals surface area (Å²) in [6, 6.07) is 0.412. The number of amides is 1. The first-order valence-corrected chi connectivity index (χ1v) is 9.64. The number of thiophene rings is 1. The molecule has 2 aliphatic carbocycles. The van der Waals surface area contributed by atoms with Gasteiger partial charge < -0.3 is 5.32 Å². The minimum Gasteiger partial charge on any atom is -0.352 e. The highest BCUT2D eigenvalue weighted by Crippen LogP contribution is 2.40. The van der Waals surface area contributed by atoms with Gasteiger partial charge >= 0.3 is 0 Å². The number of nitrogens with zero attached hydrogens (tertiary/aromatic N) is 2. The fraction of sp³-hybridized carbons (Fsp3) is 0.562. The summed E-state index contributed by atoms with van der Waals surface area (Å²) in [5, 5.41) is 5.15. The van der Waals surface area contributed by atoms with Crippen molar-refractivity contribution < 1.29 is 4.79 Å². The minimum absolute atomic E-state index is 0.113. The van der Waals surface area contributed by atoms with Gasteiger partial charge in [0.2, 0.25) is 5.91 Å². The molecule has 1 fully saturated rings. The number of aromatic nitrogens is 2. The Morgan fingerprint density at radius 2 is 2.18 bits per heavy atom. The van der Waals surface area contributed by atoms with Gasteiger partial charge in [0.05, 0.1) is 5.25 Å². The predicted octanol–water partition coefficient (Wildman–Crippen LogP) is 3.33. The van der Waals surface area contributed by atoms with E-state index in [-0.39, 0.29) is 11.2 Å². The Kier molecular flexibility index (Phi) is 3.82. The summed E-state index contributed by atoms with van der Waals surface area (Å²) < 4.78 is 0. The van der Waals surface area contributed by atoms with Crippen molar-refractivity contribution in [2.45, 2.75) is 61.8 Å². The summed E-state index contributed by atoms with van der Waals surface area (Å²) in [7, 11) is 0. The summed E-state index contributed by atoms with van der Waals surface area (Å²) in [4.78, 5) is 23.7. The van der Waals surface area contributed by atoms with Crippen LogP contribution >= 0.6 is 23.1 Å². The van der Waals surface area contributed by atoms with Gasteiger partial charge in [-0.3, -0.25) is 4.79 Å². The Morgan fingerprint density at radius 1 is 1.36 bits per heavy atom. The molecule has 1 atom stereocenters. The van der Waals surface area contributed by atoms with E-state index in [9.17, 15) is 4.79 Å². The number of aryl methyl sites for hydroxylation is 2. The summed E-state index contributed by atoms with van der Waals surface area (Å²) in [5.74, 6) is 0.128. The van der Waals surface area contributed by atoms with Crippen molar-refractivity contribution in [2.24, 2.45) is 0 Å². The molecule has 1 amide bonds. The molecule has 4 nitrogen and oxygen atoms in total. The predicted molar refractivity (Wildman–Crippen MR) is 90.5 cm³/mol. The first kappa shape index (κ1) is 14.5. The molecule has 1 N–H and O–H groups in total. The maximum absolute atomic E-state index is 12.2. The normalized spacial score (nSPS) is 19.0. The van der Waals surface area contributed by atoms with Gasteiger partial charge in [-0.15, -0.1) is 11.3 Å². The van der Waals surface area contributed by atoms with Crippen molar-refractivity contribution in [2.75, 3.05) is 0 Å². The van der Waals surface area contributed by atoms with Crippen LogP contribution in [0, 0.1) is 0 Å². The van der Waals surface area contributed by atoms with Crippen molar-refractivity contribution in [3.8, 4) is 0 Å². The monoisotopic (exact) mass is 333 g/mol. The van der Waals surface area contributed by atoms with E-state index in [4.69, 9.17) is 0 Å². The highest BCUT2D eigenvalue weighted by Gasteiger charge is 2.27. The van der Waals surface area contributed by atoms with Crippen LogP contribution in [0.1, 0.15) is 43.0 Å². The third-order valence-corrected chi connectivity index (χ3v) is 6.60. The lowest BCUT2D eigenvalue weighted by atomic mass is 9.97. The summed E-state index contributed by atoms with van der Waals surface area (Å²) in [6.07, 6.45) is 8.69. The third kappa shape index (κ3) is 2.74. The van der Waals surface area contributed by atoms with E-state index in [1.807, 2.05) is 6.92 Å². The van der Waals surface area contributed by atoms with Gasteiger partial charge in [0.1, 0.15) is 16.2 Å². The Hall–Kier alpha value is -1.14. The molecular formula is C16H19N3OS2. The summed E-state index contributed by atoms with van der Waals surface area (Å²) in [5.41, 5.74) is 1.43. The molecule has 0 radical (unpaired) electrons. The third-order valence-electron chi connectivity index (χ3n) is 4.30. The molecule has 22 heavy (non-hydrogen) atoms. The molecule has 1 saturated carbocycles. The fourth-order valence-corrected chi connectivity index (χ4v) is 5.17. The van der Waals surface area contributed by atoms with Crippen LogP contribution in [-0.2, 0) is 17.6 Å². The molecule has 6 heteroatoms. The number of hydrogen-bond donors (Lipinski definition) is 1. The number of thioether (sulfide) groups is 1. The second kappa shape index (κ2) is 5.81. The highest BCUT2D eigenvalue weighted by molar-refractivity contribution is 8.00. The molecule has 0 spiro atoms. The molecule has 0 aliphatic heterocycles. The zero-order valence-electron chi connectivity index (χ0n) is 12.6. The molecule has 0 unspecified atom stereocenters. The first-order chi connectivity index (χ1) is 10.7. The van der Waals surface area contributed by atoms with E-state index in [1.165, 1.54) is 28.7 Å². The lowest BCUT2D eigenvalue weighted by Gasteiger charge is -2.13. The second-order valence-electron chi connectivity index (χ2n) is 6.11. The van der Waals surface area contributed by atoms with Crippen molar-refractivity contribution >= 4 is 39.2 Å². The molecule has 4 rings (SSSR count). The Labute approximate surface area is 138 Å². The number of carbonyl (C=O) groups excluding carboxylic acids is 1. The summed E-state index contributed by atoms with van der Waals surface area (Å²) >= 11 is 3.38. The average molecular weight is 333 g/mol. The van der Waals surface area contributed by atoms with Crippen molar-refractivity contribution in [1.82, 2.24) is 15.3 Å². The molecule has 0 saturated heterocycles. The zero-order chi connectivity index (χ0) is 15.1. The largest absolute Gasteiger partial charge is 0.352 e. The smallest absolute Gasteiger partial charge is 0.233 e. The number of fused-ring (bicyclic) bond motifs is 3. The molecule has 116 valence electrons. The standard InChI is InChI=1S/C16H19N3OS2/c1-9(14(20)19-10-6-7-10)21-15-13-11-4-2-3-5-12(11)22-16(13)18-8-17-15/h8-10H,2-7H2,1H3,(H,19,20)/t9-/m1/s1. The molecule has 2 heterocycles. The van der Waals surface area contributed by atoms with Crippen LogP contribution in [-0.4, -0.2) is 27.2 Å². The van der Waals surface area contributed by atoms with Crippen LogP contribution < -0.4 is 5.32 Å². The fourth-order valence-electron chi connectivity index (χ4n) is 2.92. The van der Waals surface area contributed by atoms with Gasteiger partial charge in [-0.2, -0.15) is 0 Å². The lowest BCUT2D eigenvalue weighted by molar-refractivity contribution is -0.120. The maximum Gasteiger partial charge on any atom is 0.233 e.